The van der Waals surface area contributed by atoms with Crippen molar-refractivity contribution in [1.29, 1.82) is 0 Å². The molecule has 0 bridgehead atoms. The Hall–Kier alpha value is -3.05. The minimum atomic E-state index is -0.508. The Balaban J connectivity index is 1.68. The van der Waals surface area contributed by atoms with Gasteiger partial charge in [-0.3, -0.25) is 4.79 Å². The molecule has 1 amide bonds. The van der Waals surface area contributed by atoms with Crippen molar-refractivity contribution in [3.8, 4) is 5.75 Å². The zero-order valence-corrected chi connectivity index (χ0v) is 14.9. The largest absolute Gasteiger partial charge is 0.507 e. The van der Waals surface area contributed by atoms with Crippen molar-refractivity contribution in [1.82, 2.24) is 5.43 Å². The molecule has 0 spiro atoms. The van der Waals surface area contributed by atoms with Gasteiger partial charge in [0, 0.05) is 16.3 Å². The van der Waals surface area contributed by atoms with Gasteiger partial charge in [0.1, 0.15) is 11.8 Å². The lowest BCUT2D eigenvalue weighted by molar-refractivity contribution is -0.121. The molecule has 1 atom stereocenters. The fourth-order valence-electron chi connectivity index (χ4n) is 2.57. The van der Waals surface area contributed by atoms with Crippen LogP contribution in [0.3, 0.4) is 0 Å². The van der Waals surface area contributed by atoms with Gasteiger partial charge in [-0.05, 0) is 42.0 Å². The predicted molar refractivity (Wildman–Crippen MR) is 106 cm³/mol. The van der Waals surface area contributed by atoms with Crippen LogP contribution in [0.25, 0.3) is 10.8 Å². The molecule has 3 rings (SSSR count). The maximum absolute atomic E-state index is 12.2. The van der Waals surface area contributed by atoms with Crippen LogP contribution >= 0.6 is 11.6 Å². The number of nitrogens with zero attached hydrogens (tertiary/aromatic N) is 1. The van der Waals surface area contributed by atoms with Crippen molar-refractivity contribution in [2.75, 3.05) is 5.32 Å². The van der Waals surface area contributed by atoms with Crippen molar-refractivity contribution >= 4 is 40.2 Å². The van der Waals surface area contributed by atoms with E-state index in [4.69, 9.17) is 11.6 Å². The molecule has 0 saturated heterocycles. The molecule has 0 aliphatic carbocycles. The van der Waals surface area contributed by atoms with Gasteiger partial charge in [0.15, 0.2) is 0 Å². The Kier molecular flexibility index (Phi) is 5.39. The molecule has 0 aliphatic rings. The van der Waals surface area contributed by atoms with Crippen molar-refractivity contribution in [2.45, 2.75) is 13.0 Å². The van der Waals surface area contributed by atoms with Crippen LogP contribution < -0.4 is 10.7 Å². The zero-order valence-electron chi connectivity index (χ0n) is 14.1. The third-order valence-electron chi connectivity index (χ3n) is 3.92. The molecule has 5 nitrogen and oxygen atoms in total. The fourth-order valence-corrected chi connectivity index (χ4v) is 2.76. The number of phenols is 1. The maximum Gasteiger partial charge on any atom is 0.262 e. The molecule has 0 radical (unpaired) electrons. The summed E-state index contributed by atoms with van der Waals surface area (Å²) in [5.41, 5.74) is 3.78. The summed E-state index contributed by atoms with van der Waals surface area (Å²) in [7, 11) is 0. The first-order chi connectivity index (χ1) is 12.5. The summed E-state index contributed by atoms with van der Waals surface area (Å²) in [6.45, 7) is 1.72. The van der Waals surface area contributed by atoms with E-state index in [-0.39, 0.29) is 11.7 Å². The maximum atomic E-state index is 12.2. The molecule has 0 fully saturated rings. The lowest BCUT2D eigenvalue weighted by atomic mass is 10.0. The third kappa shape index (κ3) is 4.13. The van der Waals surface area contributed by atoms with Crippen molar-refractivity contribution < 1.29 is 9.90 Å². The third-order valence-corrected chi connectivity index (χ3v) is 4.15. The molecule has 132 valence electrons. The number of nitrogens with one attached hydrogen (secondary N) is 2. The summed E-state index contributed by atoms with van der Waals surface area (Å²) in [5.74, 6) is -0.201. The number of hydrazone groups is 1. The molecule has 3 N–H and O–H groups in total. The van der Waals surface area contributed by atoms with Gasteiger partial charge >= 0.3 is 0 Å². The predicted octanol–water partition coefficient (Wildman–Crippen LogP) is 4.15. The molecule has 0 aliphatic heterocycles. The lowest BCUT2D eigenvalue weighted by Gasteiger charge is -2.13. The Morgan fingerprint density at radius 2 is 1.96 bits per heavy atom. The number of fused-ring (bicyclic) bond motifs is 1. The highest BCUT2D eigenvalue weighted by Crippen LogP contribution is 2.25. The van der Waals surface area contributed by atoms with Gasteiger partial charge in [-0.25, -0.2) is 5.43 Å². The lowest BCUT2D eigenvalue weighted by Crippen LogP contribution is -2.34. The number of hydrogen-bond donors (Lipinski definition) is 3. The van der Waals surface area contributed by atoms with E-state index in [0.29, 0.717) is 10.6 Å². The Bertz CT molecular complexity index is 972. The van der Waals surface area contributed by atoms with Crippen molar-refractivity contribution in [2.24, 2.45) is 5.10 Å². The van der Waals surface area contributed by atoms with Crippen LogP contribution in [-0.2, 0) is 4.79 Å². The van der Waals surface area contributed by atoms with Gasteiger partial charge in [0.2, 0.25) is 0 Å². The normalized spacial score (nSPS) is 12.2. The SMILES string of the molecule is C[C@H](Nc1cccc(Cl)c1)C(=O)N/N=C\c1c(O)ccc2ccccc12. The molecule has 3 aromatic rings. The first kappa shape index (κ1) is 17.8. The second kappa shape index (κ2) is 7.89. The highest BCUT2D eigenvalue weighted by molar-refractivity contribution is 6.30. The summed E-state index contributed by atoms with van der Waals surface area (Å²) >= 11 is 5.93. The Labute approximate surface area is 156 Å². The van der Waals surface area contributed by atoms with Crippen LogP contribution in [-0.4, -0.2) is 23.3 Å². The molecule has 0 saturated carbocycles. The Morgan fingerprint density at radius 1 is 1.15 bits per heavy atom. The highest BCUT2D eigenvalue weighted by Gasteiger charge is 2.12. The van der Waals surface area contributed by atoms with E-state index >= 15 is 0 Å². The molecular formula is C20H18ClN3O2. The van der Waals surface area contributed by atoms with E-state index < -0.39 is 6.04 Å². The summed E-state index contributed by atoms with van der Waals surface area (Å²) in [6.07, 6.45) is 1.45. The van der Waals surface area contributed by atoms with E-state index in [1.165, 1.54) is 6.21 Å². The van der Waals surface area contributed by atoms with E-state index in [0.717, 1.165) is 16.5 Å². The smallest absolute Gasteiger partial charge is 0.262 e. The number of hydrogen-bond acceptors (Lipinski definition) is 4. The van der Waals surface area contributed by atoms with Gasteiger partial charge in [-0.15, -0.1) is 0 Å². The number of rotatable bonds is 5. The number of aromatic hydroxyl groups is 1. The first-order valence-corrected chi connectivity index (χ1v) is 8.48. The number of amides is 1. The van der Waals surface area contributed by atoms with E-state index in [9.17, 15) is 9.90 Å². The second-order valence-corrected chi connectivity index (χ2v) is 6.27. The standard InChI is InChI=1S/C20H18ClN3O2/c1-13(23-16-7-4-6-15(21)11-16)20(26)24-22-12-18-17-8-3-2-5-14(17)9-10-19(18)25/h2-13,23,25H,1H3,(H,24,26)/b22-12-/t13-/m0/s1. The molecule has 0 heterocycles. The van der Waals surface area contributed by atoms with Gasteiger partial charge in [-0.2, -0.15) is 5.10 Å². The van der Waals surface area contributed by atoms with Gasteiger partial charge < -0.3 is 10.4 Å². The van der Waals surface area contributed by atoms with Crippen LogP contribution in [0.5, 0.6) is 5.75 Å². The molecular weight excluding hydrogens is 350 g/mol. The average Bonchev–Trinajstić information content (AvgIpc) is 2.63. The highest BCUT2D eigenvalue weighted by atomic mass is 35.5. The molecule has 6 heteroatoms. The number of benzene rings is 3. The van der Waals surface area contributed by atoms with E-state index in [2.05, 4.69) is 15.8 Å². The summed E-state index contributed by atoms with van der Waals surface area (Å²) in [5, 5.41) is 19.5. The Morgan fingerprint density at radius 3 is 2.77 bits per heavy atom. The average molecular weight is 368 g/mol. The molecule has 26 heavy (non-hydrogen) atoms. The topological polar surface area (TPSA) is 73.7 Å². The van der Waals surface area contributed by atoms with Crippen LogP contribution in [0.4, 0.5) is 5.69 Å². The van der Waals surface area contributed by atoms with E-state index in [1.807, 2.05) is 36.4 Å². The minimum Gasteiger partial charge on any atom is -0.507 e. The first-order valence-electron chi connectivity index (χ1n) is 8.10. The summed E-state index contributed by atoms with van der Waals surface area (Å²) < 4.78 is 0. The van der Waals surface area contributed by atoms with Crippen molar-refractivity contribution in [3.05, 3.63) is 71.2 Å². The number of carbonyl (C=O) groups excluding carboxylic acids is 1. The van der Waals surface area contributed by atoms with Gasteiger partial charge in [0.25, 0.3) is 5.91 Å². The number of carbonyl (C=O) groups is 1. The molecule has 3 aromatic carbocycles. The minimum absolute atomic E-state index is 0.104. The monoisotopic (exact) mass is 367 g/mol. The molecule has 0 aromatic heterocycles. The number of anilines is 1. The zero-order chi connectivity index (χ0) is 18.5. The van der Waals surface area contributed by atoms with Crippen LogP contribution in [0, 0.1) is 0 Å². The fraction of sp³-hybridized carbons (Fsp3) is 0.100. The number of halogens is 1. The summed E-state index contributed by atoms with van der Waals surface area (Å²) in [4.78, 5) is 12.2. The number of phenolic OH excluding ortho intramolecular Hbond substituents is 1. The summed E-state index contributed by atoms with van der Waals surface area (Å²) in [6, 6.07) is 17.7. The second-order valence-electron chi connectivity index (χ2n) is 5.83. The van der Waals surface area contributed by atoms with Crippen molar-refractivity contribution in [3.63, 3.8) is 0 Å². The van der Waals surface area contributed by atoms with Crippen LogP contribution in [0.2, 0.25) is 5.02 Å². The van der Waals surface area contributed by atoms with E-state index in [1.54, 1.807) is 31.2 Å². The van der Waals surface area contributed by atoms with Gasteiger partial charge in [-0.1, -0.05) is 48.0 Å². The van der Waals surface area contributed by atoms with Gasteiger partial charge in [0.05, 0.1) is 6.21 Å². The molecule has 0 unspecified atom stereocenters. The van der Waals surface area contributed by atoms with Crippen LogP contribution in [0.1, 0.15) is 12.5 Å². The van der Waals surface area contributed by atoms with Crippen LogP contribution in [0.15, 0.2) is 65.8 Å². The quantitative estimate of drug-likeness (QED) is 0.468.